The molecule has 3 aliphatic rings. The van der Waals surface area contributed by atoms with Crippen LogP contribution in [0.1, 0.15) is 78.1 Å². The van der Waals surface area contributed by atoms with E-state index in [2.05, 4.69) is 19.2 Å². The molecule has 0 aliphatic heterocycles. The van der Waals surface area contributed by atoms with E-state index in [1.165, 1.54) is 64.3 Å². The van der Waals surface area contributed by atoms with Crippen LogP contribution in [0.3, 0.4) is 0 Å². The van der Waals surface area contributed by atoms with Crippen molar-refractivity contribution in [2.75, 3.05) is 6.54 Å². The fourth-order valence-corrected chi connectivity index (χ4v) is 4.61. The van der Waals surface area contributed by atoms with Crippen molar-refractivity contribution < 1.29 is 0 Å². The third kappa shape index (κ3) is 3.97. The first-order chi connectivity index (χ1) is 9.12. The van der Waals surface area contributed by atoms with Crippen molar-refractivity contribution >= 4 is 0 Å². The molecule has 3 saturated carbocycles. The number of hydrogen-bond donors (Lipinski definition) is 1. The quantitative estimate of drug-likeness (QED) is 0.754. The smallest absolute Gasteiger partial charge is 0.00683 e. The molecule has 3 fully saturated rings. The van der Waals surface area contributed by atoms with Gasteiger partial charge in [0.15, 0.2) is 0 Å². The second-order valence-corrected chi connectivity index (χ2v) is 8.50. The van der Waals surface area contributed by atoms with Gasteiger partial charge in [0.1, 0.15) is 0 Å². The van der Waals surface area contributed by atoms with E-state index in [1.54, 1.807) is 6.42 Å². The van der Waals surface area contributed by atoms with Gasteiger partial charge < -0.3 is 5.32 Å². The van der Waals surface area contributed by atoms with E-state index in [-0.39, 0.29) is 0 Å². The second kappa shape index (κ2) is 5.76. The maximum atomic E-state index is 3.81. The third-order valence-electron chi connectivity index (χ3n) is 6.03. The summed E-state index contributed by atoms with van der Waals surface area (Å²) in [5.41, 5.74) is 0.610. The third-order valence-corrected chi connectivity index (χ3v) is 6.03. The van der Waals surface area contributed by atoms with Gasteiger partial charge in [0.2, 0.25) is 0 Å². The van der Waals surface area contributed by atoms with E-state index >= 15 is 0 Å². The zero-order valence-corrected chi connectivity index (χ0v) is 13.1. The van der Waals surface area contributed by atoms with Crippen molar-refractivity contribution in [2.24, 2.45) is 23.2 Å². The fourth-order valence-electron chi connectivity index (χ4n) is 4.61. The molecule has 0 aromatic carbocycles. The summed E-state index contributed by atoms with van der Waals surface area (Å²) >= 11 is 0. The zero-order valence-electron chi connectivity index (χ0n) is 13.1. The van der Waals surface area contributed by atoms with Gasteiger partial charge in [-0.25, -0.2) is 0 Å². The van der Waals surface area contributed by atoms with Crippen LogP contribution in [0.25, 0.3) is 0 Å². The molecule has 1 heteroatoms. The molecule has 19 heavy (non-hydrogen) atoms. The Labute approximate surface area is 119 Å². The molecule has 0 bridgehead atoms. The molecule has 110 valence electrons. The molecule has 0 aromatic heterocycles. The van der Waals surface area contributed by atoms with Gasteiger partial charge >= 0.3 is 0 Å². The summed E-state index contributed by atoms with van der Waals surface area (Å²) in [6.45, 7) is 6.32. The Kier molecular flexibility index (Phi) is 4.22. The minimum atomic E-state index is 0.610. The normalized spacial score (nSPS) is 35.7. The summed E-state index contributed by atoms with van der Waals surface area (Å²) in [5, 5.41) is 3.81. The zero-order chi connectivity index (χ0) is 13.3. The van der Waals surface area contributed by atoms with E-state index in [4.69, 9.17) is 0 Å². The molecule has 1 N–H and O–H groups in total. The van der Waals surface area contributed by atoms with Crippen LogP contribution in [0.15, 0.2) is 0 Å². The lowest BCUT2D eigenvalue weighted by Crippen LogP contribution is -2.37. The van der Waals surface area contributed by atoms with Crippen LogP contribution in [0.2, 0.25) is 0 Å². The number of rotatable bonds is 5. The Balaban J connectivity index is 1.55. The first-order valence-electron chi connectivity index (χ1n) is 8.86. The standard InChI is InChI=1S/C18H33N/c1-18(2)10-9-15(13-19-17-7-8-17)16(12-18)11-14-5-3-4-6-14/h14-17,19H,3-13H2,1-2H3. The lowest BCUT2D eigenvalue weighted by atomic mass is 9.65. The van der Waals surface area contributed by atoms with Crippen LogP contribution in [0.4, 0.5) is 0 Å². The van der Waals surface area contributed by atoms with E-state index in [1.807, 2.05) is 0 Å². The summed E-state index contributed by atoms with van der Waals surface area (Å²) < 4.78 is 0. The first kappa shape index (κ1) is 13.9. The molecular weight excluding hydrogens is 230 g/mol. The molecule has 0 amide bonds. The highest BCUT2D eigenvalue weighted by Crippen LogP contribution is 2.46. The fraction of sp³-hybridized carbons (Fsp3) is 1.00. The highest BCUT2D eigenvalue weighted by molar-refractivity contribution is 4.90. The van der Waals surface area contributed by atoms with E-state index < -0.39 is 0 Å². The molecule has 0 aromatic rings. The van der Waals surface area contributed by atoms with Gasteiger partial charge in [0.05, 0.1) is 0 Å². The van der Waals surface area contributed by atoms with Gasteiger partial charge in [-0.15, -0.1) is 0 Å². The molecule has 2 atom stereocenters. The van der Waals surface area contributed by atoms with Gasteiger partial charge in [0.25, 0.3) is 0 Å². The average Bonchev–Trinajstić information content (AvgIpc) is 3.04. The van der Waals surface area contributed by atoms with Crippen molar-refractivity contribution in [3.63, 3.8) is 0 Å². The van der Waals surface area contributed by atoms with Crippen LogP contribution in [0.5, 0.6) is 0 Å². The van der Waals surface area contributed by atoms with Crippen molar-refractivity contribution in [1.82, 2.24) is 5.32 Å². The van der Waals surface area contributed by atoms with Gasteiger partial charge in [-0.3, -0.25) is 0 Å². The van der Waals surface area contributed by atoms with Gasteiger partial charge in [-0.1, -0.05) is 39.5 Å². The molecule has 0 spiro atoms. The minimum Gasteiger partial charge on any atom is -0.314 e. The van der Waals surface area contributed by atoms with Crippen molar-refractivity contribution in [2.45, 2.75) is 84.1 Å². The average molecular weight is 263 g/mol. The van der Waals surface area contributed by atoms with Crippen molar-refractivity contribution in [3.8, 4) is 0 Å². The highest BCUT2D eigenvalue weighted by Gasteiger charge is 2.36. The number of hydrogen-bond acceptors (Lipinski definition) is 1. The van der Waals surface area contributed by atoms with Crippen LogP contribution in [-0.4, -0.2) is 12.6 Å². The van der Waals surface area contributed by atoms with E-state index in [0.29, 0.717) is 5.41 Å². The van der Waals surface area contributed by atoms with Crippen molar-refractivity contribution in [1.29, 1.82) is 0 Å². The monoisotopic (exact) mass is 263 g/mol. The molecule has 1 nitrogen and oxygen atoms in total. The maximum Gasteiger partial charge on any atom is 0.00683 e. The number of nitrogens with one attached hydrogen (secondary N) is 1. The topological polar surface area (TPSA) is 12.0 Å². The SMILES string of the molecule is CC1(C)CCC(CNC2CC2)C(CC2CCCC2)C1. The summed E-state index contributed by atoms with van der Waals surface area (Å²) in [4.78, 5) is 0. The Bertz CT molecular complexity index is 284. The summed E-state index contributed by atoms with van der Waals surface area (Å²) in [6, 6.07) is 0.891. The molecule has 0 saturated heterocycles. The van der Waals surface area contributed by atoms with Crippen LogP contribution in [0, 0.1) is 23.2 Å². The summed E-state index contributed by atoms with van der Waals surface area (Å²) in [7, 11) is 0. The maximum absolute atomic E-state index is 3.81. The molecular formula is C18H33N. The summed E-state index contributed by atoms with van der Waals surface area (Å²) in [5.74, 6) is 3.06. The Morgan fingerprint density at radius 1 is 0.947 bits per heavy atom. The lowest BCUT2D eigenvalue weighted by molar-refractivity contribution is 0.0971. The van der Waals surface area contributed by atoms with Crippen LogP contribution >= 0.6 is 0 Å². The summed E-state index contributed by atoms with van der Waals surface area (Å²) in [6.07, 6.45) is 14.9. The highest BCUT2D eigenvalue weighted by atomic mass is 14.9. The Hall–Kier alpha value is -0.0400. The van der Waals surface area contributed by atoms with E-state index in [9.17, 15) is 0 Å². The Morgan fingerprint density at radius 3 is 2.37 bits per heavy atom. The van der Waals surface area contributed by atoms with E-state index in [0.717, 1.165) is 23.8 Å². The second-order valence-electron chi connectivity index (χ2n) is 8.50. The lowest BCUT2D eigenvalue weighted by Gasteiger charge is -2.42. The Morgan fingerprint density at radius 2 is 1.68 bits per heavy atom. The van der Waals surface area contributed by atoms with Gasteiger partial charge in [0, 0.05) is 6.04 Å². The largest absolute Gasteiger partial charge is 0.314 e. The van der Waals surface area contributed by atoms with Crippen LogP contribution in [-0.2, 0) is 0 Å². The van der Waals surface area contributed by atoms with Crippen LogP contribution < -0.4 is 5.32 Å². The molecule has 2 unspecified atom stereocenters. The predicted octanol–water partition coefficient (Wildman–Crippen LogP) is 4.76. The minimum absolute atomic E-state index is 0.610. The first-order valence-corrected chi connectivity index (χ1v) is 8.86. The van der Waals surface area contributed by atoms with Gasteiger partial charge in [-0.05, 0) is 68.2 Å². The predicted molar refractivity (Wildman–Crippen MR) is 82.2 cm³/mol. The van der Waals surface area contributed by atoms with Crippen molar-refractivity contribution in [3.05, 3.63) is 0 Å². The van der Waals surface area contributed by atoms with Gasteiger partial charge in [-0.2, -0.15) is 0 Å². The molecule has 0 radical (unpaired) electrons. The molecule has 0 heterocycles. The molecule has 3 rings (SSSR count). The molecule has 3 aliphatic carbocycles.